The molecule has 0 spiro atoms. The van der Waals surface area contributed by atoms with Gasteiger partial charge in [0.25, 0.3) is 11.7 Å². The number of rotatable bonds is 10. The van der Waals surface area contributed by atoms with Gasteiger partial charge in [-0.1, -0.05) is 49.7 Å². The lowest BCUT2D eigenvalue weighted by Gasteiger charge is -2.25. The molecule has 4 rings (SSSR count). The highest BCUT2D eigenvalue weighted by Gasteiger charge is 2.46. The first-order valence-corrected chi connectivity index (χ1v) is 11.8. The molecule has 0 bridgehead atoms. The van der Waals surface area contributed by atoms with Crippen LogP contribution in [0.5, 0.6) is 11.5 Å². The second kappa shape index (κ2) is 11.0. The summed E-state index contributed by atoms with van der Waals surface area (Å²) in [7, 11) is 0. The molecule has 7 nitrogen and oxygen atoms in total. The van der Waals surface area contributed by atoms with E-state index in [0.29, 0.717) is 41.6 Å². The molecule has 0 saturated carbocycles. The largest absolute Gasteiger partial charge is 0.507 e. The molecular weight excluding hydrogens is 446 g/mol. The van der Waals surface area contributed by atoms with E-state index in [1.807, 2.05) is 13.0 Å². The van der Waals surface area contributed by atoms with Crippen LogP contribution < -0.4 is 9.47 Å². The van der Waals surface area contributed by atoms with Gasteiger partial charge < -0.3 is 23.9 Å². The first-order valence-electron chi connectivity index (χ1n) is 11.8. The summed E-state index contributed by atoms with van der Waals surface area (Å²) in [5, 5.41) is 11.2. The smallest absolute Gasteiger partial charge is 0.296 e. The Morgan fingerprint density at radius 3 is 2.49 bits per heavy atom. The predicted octanol–water partition coefficient (Wildman–Crippen LogP) is 5.48. The molecule has 35 heavy (non-hydrogen) atoms. The number of carbonyl (C=O) groups excluding carboxylic acids is 2. The van der Waals surface area contributed by atoms with E-state index in [0.717, 1.165) is 12.8 Å². The van der Waals surface area contributed by atoms with Crippen molar-refractivity contribution in [3.63, 3.8) is 0 Å². The number of likely N-dealkylation sites (tertiary alicyclic amines) is 1. The third kappa shape index (κ3) is 5.09. The van der Waals surface area contributed by atoms with Crippen LogP contribution in [-0.4, -0.2) is 34.9 Å². The van der Waals surface area contributed by atoms with Crippen LogP contribution >= 0.6 is 0 Å². The van der Waals surface area contributed by atoms with Gasteiger partial charge in [-0.3, -0.25) is 9.59 Å². The maximum absolute atomic E-state index is 13.2. The maximum atomic E-state index is 13.2. The van der Waals surface area contributed by atoms with Crippen molar-refractivity contribution in [2.45, 2.75) is 39.3 Å². The number of ketones is 1. The Kier molecular flexibility index (Phi) is 7.55. The number of ether oxygens (including phenoxy) is 2. The zero-order valence-electron chi connectivity index (χ0n) is 19.9. The summed E-state index contributed by atoms with van der Waals surface area (Å²) >= 11 is 0. The normalized spacial score (nSPS) is 17.1. The molecule has 7 heteroatoms. The number of Topliss-reactive ketones (excluding diaryl/α,β-unsaturated/α-hetero) is 1. The van der Waals surface area contributed by atoms with Crippen molar-refractivity contribution in [2.24, 2.45) is 0 Å². The molecule has 2 heterocycles. The number of hydrogen-bond donors (Lipinski definition) is 1. The Balaban J connectivity index is 1.82. The van der Waals surface area contributed by atoms with Crippen molar-refractivity contribution >= 4 is 17.4 Å². The molecule has 182 valence electrons. The van der Waals surface area contributed by atoms with Gasteiger partial charge in [0.05, 0.1) is 37.6 Å². The molecule has 1 aliphatic heterocycles. The van der Waals surface area contributed by atoms with Crippen molar-refractivity contribution < 1.29 is 28.6 Å². The van der Waals surface area contributed by atoms with E-state index in [1.54, 1.807) is 54.6 Å². The fourth-order valence-electron chi connectivity index (χ4n) is 4.12. The number of furan rings is 1. The Labute approximate surface area is 204 Å². The highest BCUT2D eigenvalue weighted by Crippen LogP contribution is 2.42. The number of nitrogens with zero attached hydrogens (tertiary/aromatic N) is 1. The van der Waals surface area contributed by atoms with Crippen molar-refractivity contribution in [3.8, 4) is 11.5 Å². The fraction of sp³-hybridized carbons (Fsp3) is 0.286. The molecular formula is C28H29NO6. The average molecular weight is 476 g/mol. The van der Waals surface area contributed by atoms with Crippen LogP contribution in [0.3, 0.4) is 0 Å². The Hall–Kier alpha value is -4.00. The van der Waals surface area contributed by atoms with Crippen molar-refractivity contribution in [1.29, 1.82) is 0 Å². The summed E-state index contributed by atoms with van der Waals surface area (Å²) in [6, 6.07) is 16.7. The van der Waals surface area contributed by atoms with Crippen molar-refractivity contribution in [3.05, 3.63) is 89.4 Å². The molecule has 0 aliphatic carbocycles. The van der Waals surface area contributed by atoms with Gasteiger partial charge in [0.1, 0.15) is 11.5 Å². The molecule has 1 aromatic heterocycles. The summed E-state index contributed by atoms with van der Waals surface area (Å²) in [5.41, 5.74) is 1.10. The van der Waals surface area contributed by atoms with Crippen LogP contribution in [0, 0.1) is 0 Å². The zero-order valence-corrected chi connectivity index (χ0v) is 19.9. The minimum atomic E-state index is -0.829. The standard InChI is InChI=1S/C28H29NO6/c1-3-5-15-35-22-14-13-20(17-23(22)33-4-2)25-24(26(30)19-10-7-6-8-11-19)27(31)28(32)29(25)18-21-12-9-16-34-21/h6-14,16-17,25,30H,3-5,15,18H2,1-2H3/b26-24+. The van der Waals surface area contributed by atoms with Crippen LogP contribution in [0.25, 0.3) is 5.76 Å². The molecule has 1 atom stereocenters. The molecule has 1 N–H and O–H groups in total. The molecule has 1 unspecified atom stereocenters. The van der Waals surface area contributed by atoms with Gasteiger partial charge in [0.2, 0.25) is 0 Å². The number of aliphatic hydroxyl groups is 1. The summed E-state index contributed by atoms with van der Waals surface area (Å²) in [6.07, 6.45) is 3.43. The highest BCUT2D eigenvalue weighted by molar-refractivity contribution is 6.46. The van der Waals surface area contributed by atoms with E-state index in [-0.39, 0.29) is 17.9 Å². The summed E-state index contributed by atoms with van der Waals surface area (Å²) < 4.78 is 17.2. The first kappa shape index (κ1) is 24.1. The number of unbranched alkanes of at least 4 members (excludes halogenated alkanes) is 1. The van der Waals surface area contributed by atoms with Gasteiger partial charge in [-0.15, -0.1) is 0 Å². The van der Waals surface area contributed by atoms with E-state index in [4.69, 9.17) is 13.9 Å². The fourth-order valence-corrected chi connectivity index (χ4v) is 4.12. The maximum Gasteiger partial charge on any atom is 0.296 e. The molecule has 1 fully saturated rings. The minimum Gasteiger partial charge on any atom is -0.507 e. The van der Waals surface area contributed by atoms with E-state index >= 15 is 0 Å². The number of amides is 1. The second-order valence-electron chi connectivity index (χ2n) is 8.21. The molecule has 1 aliphatic rings. The SMILES string of the molecule is CCCCOc1ccc(C2/C(=C(\O)c3ccccc3)C(=O)C(=O)N2Cc2ccco2)cc1OCC. The predicted molar refractivity (Wildman–Crippen MR) is 131 cm³/mol. The second-order valence-corrected chi connectivity index (χ2v) is 8.21. The van der Waals surface area contributed by atoms with E-state index in [2.05, 4.69) is 6.92 Å². The van der Waals surface area contributed by atoms with Gasteiger partial charge in [0.15, 0.2) is 11.5 Å². The average Bonchev–Trinajstić information content (AvgIpc) is 3.48. The first-order chi connectivity index (χ1) is 17.0. The van der Waals surface area contributed by atoms with E-state index < -0.39 is 17.7 Å². The van der Waals surface area contributed by atoms with Crippen molar-refractivity contribution in [2.75, 3.05) is 13.2 Å². The summed E-state index contributed by atoms with van der Waals surface area (Å²) in [6.45, 7) is 5.02. The van der Waals surface area contributed by atoms with Crippen LogP contribution in [0.1, 0.15) is 49.6 Å². The lowest BCUT2D eigenvalue weighted by molar-refractivity contribution is -0.140. The molecule has 2 aromatic carbocycles. The lowest BCUT2D eigenvalue weighted by Crippen LogP contribution is -2.29. The highest BCUT2D eigenvalue weighted by atomic mass is 16.5. The van der Waals surface area contributed by atoms with Crippen molar-refractivity contribution in [1.82, 2.24) is 4.90 Å². The molecule has 1 saturated heterocycles. The number of carbonyl (C=O) groups is 2. The van der Waals surface area contributed by atoms with Gasteiger partial charge in [-0.2, -0.15) is 0 Å². The lowest BCUT2D eigenvalue weighted by atomic mass is 9.95. The molecule has 0 radical (unpaired) electrons. The van der Waals surface area contributed by atoms with E-state index in [1.165, 1.54) is 11.2 Å². The Bertz CT molecular complexity index is 1200. The third-order valence-corrected chi connectivity index (χ3v) is 5.83. The topological polar surface area (TPSA) is 89.2 Å². The molecule has 1 amide bonds. The minimum absolute atomic E-state index is 0.0230. The number of hydrogen-bond acceptors (Lipinski definition) is 6. The van der Waals surface area contributed by atoms with Crippen LogP contribution in [0.4, 0.5) is 0 Å². The van der Waals surface area contributed by atoms with Gasteiger partial charge in [-0.05, 0) is 43.2 Å². The van der Waals surface area contributed by atoms with E-state index in [9.17, 15) is 14.7 Å². The summed E-state index contributed by atoms with van der Waals surface area (Å²) in [5.74, 6) is -0.0352. The van der Waals surface area contributed by atoms with Gasteiger partial charge in [-0.25, -0.2) is 0 Å². The monoisotopic (exact) mass is 475 g/mol. The molecule has 3 aromatic rings. The van der Waals surface area contributed by atoms with Crippen LogP contribution in [0.2, 0.25) is 0 Å². The number of benzene rings is 2. The third-order valence-electron chi connectivity index (χ3n) is 5.83. The van der Waals surface area contributed by atoms with Crippen LogP contribution in [0.15, 0.2) is 76.9 Å². The zero-order chi connectivity index (χ0) is 24.8. The van der Waals surface area contributed by atoms with Crippen LogP contribution in [-0.2, 0) is 16.1 Å². The van der Waals surface area contributed by atoms with Gasteiger partial charge in [0, 0.05) is 5.56 Å². The van der Waals surface area contributed by atoms with Gasteiger partial charge >= 0.3 is 0 Å². The Morgan fingerprint density at radius 2 is 1.80 bits per heavy atom. The number of aliphatic hydroxyl groups excluding tert-OH is 1. The quantitative estimate of drug-likeness (QED) is 0.181. The Morgan fingerprint density at radius 1 is 1.00 bits per heavy atom. The summed E-state index contributed by atoms with van der Waals surface area (Å²) in [4.78, 5) is 27.8.